The number of nitro groups is 1. The van der Waals surface area contributed by atoms with Gasteiger partial charge in [-0.1, -0.05) is 25.5 Å². The minimum absolute atomic E-state index is 0.000187. The van der Waals surface area contributed by atoms with E-state index in [0.717, 1.165) is 0 Å². The summed E-state index contributed by atoms with van der Waals surface area (Å²) in [5.41, 5.74) is 1.70. The summed E-state index contributed by atoms with van der Waals surface area (Å²) in [5.74, 6) is -0.00408. The summed E-state index contributed by atoms with van der Waals surface area (Å²) in [6, 6.07) is 5.84. The highest BCUT2D eigenvalue weighted by molar-refractivity contribution is 7.80. The van der Waals surface area contributed by atoms with Crippen molar-refractivity contribution in [3.63, 3.8) is 0 Å². The number of non-ortho nitro benzene ring substituents is 1. The fraction of sp³-hybridized carbons (Fsp3) is 0.412. The van der Waals surface area contributed by atoms with Crippen molar-refractivity contribution in [2.45, 2.75) is 27.7 Å². The average Bonchev–Trinajstić information content (AvgIpc) is 2.99. The Kier molecular flexibility index (Phi) is 5.03. The van der Waals surface area contributed by atoms with Crippen LogP contribution in [0.15, 0.2) is 35.9 Å². The Labute approximate surface area is 146 Å². The Bertz CT molecular complexity index is 706. The summed E-state index contributed by atoms with van der Waals surface area (Å²) < 4.78 is 0. The maximum absolute atomic E-state index is 12.4. The molecule has 0 radical (unpaired) electrons. The number of thiocarbonyl (C=S) groups is 1. The van der Waals surface area contributed by atoms with Crippen molar-refractivity contribution < 1.29 is 9.72 Å². The van der Waals surface area contributed by atoms with Gasteiger partial charge >= 0.3 is 0 Å². The molecule has 0 unspecified atom stereocenters. The SMILES string of the molecule is CC(C)=C[C@@H]1[C@H](C(=O)NC(=S)Nc2ccc([N+](=O)[O-])cc2)C1(C)C. The van der Waals surface area contributed by atoms with Crippen molar-refractivity contribution >= 4 is 34.6 Å². The number of benzene rings is 1. The van der Waals surface area contributed by atoms with Gasteiger partial charge in [0.25, 0.3) is 5.69 Å². The lowest BCUT2D eigenvalue weighted by molar-refractivity contribution is -0.384. The number of allylic oxidation sites excluding steroid dienone is 2. The number of carbonyl (C=O) groups excluding carboxylic acids is 1. The average molecular weight is 347 g/mol. The van der Waals surface area contributed by atoms with E-state index in [1.165, 1.54) is 17.7 Å². The molecule has 1 aliphatic carbocycles. The smallest absolute Gasteiger partial charge is 0.269 e. The van der Waals surface area contributed by atoms with Crippen LogP contribution in [0.3, 0.4) is 0 Å². The predicted molar refractivity (Wildman–Crippen MR) is 97.7 cm³/mol. The van der Waals surface area contributed by atoms with Crippen molar-refractivity contribution in [2.75, 3.05) is 5.32 Å². The molecule has 2 N–H and O–H groups in total. The fourth-order valence-corrected chi connectivity index (χ4v) is 3.09. The van der Waals surface area contributed by atoms with E-state index in [2.05, 4.69) is 30.6 Å². The number of anilines is 1. The van der Waals surface area contributed by atoms with Crippen molar-refractivity contribution in [2.24, 2.45) is 17.3 Å². The Balaban J connectivity index is 1.94. The third kappa shape index (κ3) is 3.97. The number of nitrogens with zero attached hydrogens (tertiary/aromatic N) is 1. The molecule has 6 nitrogen and oxygen atoms in total. The highest BCUT2D eigenvalue weighted by atomic mass is 32.1. The molecule has 0 heterocycles. The summed E-state index contributed by atoms with van der Waals surface area (Å²) >= 11 is 5.15. The molecule has 1 aromatic rings. The van der Waals surface area contributed by atoms with Gasteiger partial charge in [0.2, 0.25) is 5.91 Å². The number of nitrogens with one attached hydrogen (secondary N) is 2. The van der Waals surface area contributed by atoms with Crippen LogP contribution in [0.1, 0.15) is 27.7 Å². The number of hydrogen-bond acceptors (Lipinski definition) is 4. The third-order valence-electron chi connectivity index (χ3n) is 4.28. The first-order valence-electron chi connectivity index (χ1n) is 7.64. The Morgan fingerprint density at radius 2 is 1.88 bits per heavy atom. The van der Waals surface area contributed by atoms with E-state index < -0.39 is 4.92 Å². The van der Waals surface area contributed by atoms with Crippen molar-refractivity contribution in [3.05, 3.63) is 46.0 Å². The minimum Gasteiger partial charge on any atom is -0.332 e. The van der Waals surface area contributed by atoms with Gasteiger partial charge in [-0.15, -0.1) is 0 Å². The Morgan fingerprint density at radius 3 is 2.38 bits per heavy atom. The normalized spacial score (nSPS) is 20.7. The van der Waals surface area contributed by atoms with Crippen molar-refractivity contribution in [1.29, 1.82) is 0 Å². The van der Waals surface area contributed by atoms with Gasteiger partial charge in [0.05, 0.1) is 10.8 Å². The lowest BCUT2D eigenvalue weighted by Crippen LogP contribution is -2.36. The molecule has 24 heavy (non-hydrogen) atoms. The minimum atomic E-state index is -0.470. The van der Waals surface area contributed by atoms with Gasteiger partial charge in [-0.25, -0.2) is 0 Å². The standard InChI is InChI=1S/C17H21N3O3S/c1-10(2)9-13-14(17(13,3)4)15(21)19-16(24)18-11-5-7-12(8-6-11)20(22)23/h5-9,13-14H,1-4H3,(H2,18,19,21,24)/t13-,14-/m1/s1. The molecule has 0 aliphatic heterocycles. The molecule has 1 amide bonds. The van der Waals surface area contributed by atoms with Crippen molar-refractivity contribution in [3.8, 4) is 0 Å². The highest BCUT2D eigenvalue weighted by Crippen LogP contribution is 2.59. The lowest BCUT2D eigenvalue weighted by Gasteiger charge is -2.10. The molecule has 1 saturated carbocycles. The number of amides is 1. The summed E-state index contributed by atoms with van der Waals surface area (Å²) in [6.45, 7) is 8.16. The van der Waals surface area contributed by atoms with Crippen LogP contribution in [0.5, 0.6) is 0 Å². The predicted octanol–water partition coefficient (Wildman–Crippen LogP) is 3.65. The molecule has 1 aromatic carbocycles. The van der Waals surface area contributed by atoms with Crippen LogP contribution in [-0.4, -0.2) is 15.9 Å². The van der Waals surface area contributed by atoms with Crippen molar-refractivity contribution in [1.82, 2.24) is 5.32 Å². The van der Waals surface area contributed by atoms with E-state index in [1.54, 1.807) is 12.1 Å². The van der Waals surface area contributed by atoms with E-state index >= 15 is 0 Å². The molecule has 0 bridgehead atoms. The maximum Gasteiger partial charge on any atom is 0.269 e. The largest absolute Gasteiger partial charge is 0.332 e. The topological polar surface area (TPSA) is 84.3 Å². The molecule has 0 spiro atoms. The van der Waals surface area contributed by atoms with Gasteiger partial charge in [0.1, 0.15) is 0 Å². The zero-order chi connectivity index (χ0) is 18.1. The molecular formula is C17H21N3O3S. The number of hydrogen-bond donors (Lipinski definition) is 2. The van der Waals surface area contributed by atoms with Gasteiger partial charge in [0.15, 0.2) is 5.11 Å². The fourth-order valence-electron chi connectivity index (χ4n) is 2.87. The molecule has 0 aromatic heterocycles. The Morgan fingerprint density at radius 1 is 1.29 bits per heavy atom. The van der Waals surface area contributed by atoms with Gasteiger partial charge in [-0.2, -0.15) is 0 Å². The number of nitro benzene ring substituents is 1. The summed E-state index contributed by atoms with van der Waals surface area (Å²) in [6.07, 6.45) is 2.12. The van der Waals surface area contributed by atoms with Crippen LogP contribution >= 0.6 is 12.2 Å². The van der Waals surface area contributed by atoms with Gasteiger partial charge in [0, 0.05) is 17.8 Å². The Hall–Kier alpha value is -2.28. The van der Waals surface area contributed by atoms with Gasteiger partial charge < -0.3 is 10.6 Å². The van der Waals surface area contributed by atoms with Crippen LogP contribution < -0.4 is 10.6 Å². The van der Waals surface area contributed by atoms with Gasteiger partial charge in [-0.05, 0) is 49.5 Å². The molecule has 1 aliphatic rings. The van der Waals surface area contributed by atoms with E-state index in [-0.39, 0.29) is 34.0 Å². The quantitative estimate of drug-likeness (QED) is 0.376. The summed E-state index contributed by atoms with van der Waals surface area (Å²) in [4.78, 5) is 22.6. The lowest BCUT2D eigenvalue weighted by atomic mass is 10.1. The number of rotatable bonds is 4. The molecule has 7 heteroatoms. The second kappa shape index (κ2) is 6.68. The molecule has 128 valence electrons. The first-order chi connectivity index (χ1) is 11.1. The molecular weight excluding hydrogens is 326 g/mol. The van der Waals surface area contributed by atoms with Crippen LogP contribution in [0, 0.1) is 27.4 Å². The van der Waals surface area contributed by atoms with Crippen LogP contribution in [0.25, 0.3) is 0 Å². The first kappa shape index (κ1) is 18.1. The monoisotopic (exact) mass is 347 g/mol. The molecule has 0 saturated heterocycles. The molecule has 2 rings (SSSR count). The van der Waals surface area contributed by atoms with Crippen LogP contribution in [-0.2, 0) is 4.79 Å². The van der Waals surface area contributed by atoms with E-state index in [1.807, 2.05) is 13.8 Å². The summed E-state index contributed by atoms with van der Waals surface area (Å²) in [5, 5.41) is 16.4. The second-order valence-corrected chi connectivity index (χ2v) is 7.22. The van der Waals surface area contributed by atoms with Crippen LogP contribution in [0.2, 0.25) is 0 Å². The summed E-state index contributed by atoms with van der Waals surface area (Å²) in [7, 11) is 0. The maximum atomic E-state index is 12.4. The molecule has 1 fully saturated rings. The van der Waals surface area contributed by atoms with Gasteiger partial charge in [-0.3, -0.25) is 14.9 Å². The van der Waals surface area contributed by atoms with E-state index in [4.69, 9.17) is 12.2 Å². The number of carbonyl (C=O) groups is 1. The highest BCUT2D eigenvalue weighted by Gasteiger charge is 2.60. The zero-order valence-electron chi connectivity index (χ0n) is 14.1. The van der Waals surface area contributed by atoms with Crippen LogP contribution in [0.4, 0.5) is 11.4 Å². The van der Waals surface area contributed by atoms with E-state index in [9.17, 15) is 14.9 Å². The molecule has 2 atom stereocenters. The second-order valence-electron chi connectivity index (χ2n) is 6.82. The first-order valence-corrected chi connectivity index (χ1v) is 8.05. The van der Waals surface area contributed by atoms with E-state index in [0.29, 0.717) is 5.69 Å². The zero-order valence-corrected chi connectivity index (χ0v) is 14.9. The third-order valence-corrected chi connectivity index (χ3v) is 4.48.